The molecule has 2 nitrogen and oxygen atoms in total. The van der Waals surface area contributed by atoms with Crippen molar-refractivity contribution in [3.05, 3.63) is 57.9 Å². The van der Waals surface area contributed by atoms with Crippen LogP contribution in [0.2, 0.25) is 0 Å². The Morgan fingerprint density at radius 2 is 1.75 bits per heavy atom. The van der Waals surface area contributed by atoms with Gasteiger partial charge in [0.15, 0.2) is 0 Å². The highest BCUT2D eigenvalue weighted by Gasteiger charge is 2.22. The highest BCUT2D eigenvalue weighted by molar-refractivity contribution is 5.82. The molecular formula is C18H16N2. The minimum Gasteiger partial charge on any atom is -0.250 e. The lowest BCUT2D eigenvalue weighted by Gasteiger charge is -2.05. The lowest BCUT2D eigenvalue weighted by Crippen LogP contribution is -2.28. The molecule has 4 rings (SSSR count). The number of hydrogen-bond acceptors (Lipinski definition) is 2. The maximum atomic E-state index is 4.85. The van der Waals surface area contributed by atoms with E-state index in [0.29, 0.717) is 0 Å². The maximum absolute atomic E-state index is 4.85. The van der Waals surface area contributed by atoms with Gasteiger partial charge in [0.25, 0.3) is 0 Å². The summed E-state index contributed by atoms with van der Waals surface area (Å²) in [6.45, 7) is 6.52. The fourth-order valence-electron chi connectivity index (χ4n) is 3.32. The number of hydrogen-bond donors (Lipinski definition) is 0. The van der Waals surface area contributed by atoms with Crippen LogP contribution < -0.4 is 10.7 Å². The van der Waals surface area contributed by atoms with Crippen LogP contribution in [0.15, 0.2) is 46.0 Å². The van der Waals surface area contributed by atoms with Crippen molar-refractivity contribution < 1.29 is 0 Å². The first-order valence-corrected chi connectivity index (χ1v) is 7.11. The molecule has 20 heavy (non-hydrogen) atoms. The summed E-state index contributed by atoms with van der Waals surface area (Å²) in [6.07, 6.45) is 0.974. The molecule has 0 fully saturated rings. The Morgan fingerprint density at radius 3 is 2.55 bits per heavy atom. The van der Waals surface area contributed by atoms with E-state index < -0.39 is 0 Å². The zero-order valence-corrected chi connectivity index (χ0v) is 12.0. The topological polar surface area (TPSA) is 24.7 Å². The summed E-state index contributed by atoms with van der Waals surface area (Å²) in [5.74, 6) is 0. The van der Waals surface area contributed by atoms with E-state index in [9.17, 15) is 0 Å². The van der Waals surface area contributed by atoms with Gasteiger partial charge in [0.1, 0.15) is 0 Å². The summed E-state index contributed by atoms with van der Waals surface area (Å²) >= 11 is 0. The van der Waals surface area contributed by atoms with Crippen LogP contribution in [0, 0.1) is 6.92 Å². The van der Waals surface area contributed by atoms with E-state index in [2.05, 4.69) is 45.0 Å². The molecule has 0 saturated heterocycles. The molecule has 2 aromatic carbocycles. The molecule has 0 saturated carbocycles. The van der Waals surface area contributed by atoms with Crippen LogP contribution in [0.5, 0.6) is 0 Å². The van der Waals surface area contributed by atoms with E-state index in [1.165, 1.54) is 33.5 Å². The Labute approximate surface area is 118 Å². The molecule has 0 radical (unpaired) electrons. The van der Waals surface area contributed by atoms with Crippen LogP contribution in [0.3, 0.4) is 0 Å². The zero-order chi connectivity index (χ0) is 13.9. The predicted octanol–water partition coefficient (Wildman–Crippen LogP) is 3.70. The highest BCUT2D eigenvalue weighted by atomic mass is 14.8. The summed E-state index contributed by atoms with van der Waals surface area (Å²) in [5.41, 5.74) is 8.62. The molecule has 0 bridgehead atoms. The van der Waals surface area contributed by atoms with E-state index in [-0.39, 0.29) is 0 Å². The van der Waals surface area contributed by atoms with Gasteiger partial charge >= 0.3 is 0 Å². The van der Waals surface area contributed by atoms with Crippen molar-refractivity contribution in [2.45, 2.75) is 27.2 Å². The van der Waals surface area contributed by atoms with Crippen molar-refractivity contribution in [2.24, 2.45) is 9.98 Å². The first-order chi connectivity index (χ1) is 9.70. The summed E-state index contributed by atoms with van der Waals surface area (Å²) in [4.78, 5) is 9.66. The van der Waals surface area contributed by atoms with Crippen molar-refractivity contribution in [3.63, 3.8) is 0 Å². The Kier molecular flexibility index (Phi) is 2.25. The zero-order valence-electron chi connectivity index (χ0n) is 12.0. The number of nitrogens with zero attached hydrogens (tertiary/aromatic N) is 2. The lowest BCUT2D eigenvalue weighted by atomic mass is 9.96. The fraction of sp³-hybridized carbons (Fsp3) is 0.222. The Hall–Kier alpha value is -2.22. The molecule has 0 N–H and O–H groups in total. The molecule has 2 heteroatoms. The van der Waals surface area contributed by atoms with Crippen molar-refractivity contribution >= 4 is 11.3 Å². The molecule has 0 aromatic heterocycles. The van der Waals surface area contributed by atoms with E-state index >= 15 is 0 Å². The maximum Gasteiger partial charge on any atom is 0.0979 e. The van der Waals surface area contributed by atoms with Crippen molar-refractivity contribution in [1.82, 2.24) is 0 Å². The molecule has 2 aliphatic rings. The molecular weight excluding hydrogens is 244 g/mol. The average molecular weight is 260 g/mol. The molecule has 2 aromatic rings. The largest absolute Gasteiger partial charge is 0.250 e. The molecule has 0 unspecified atom stereocenters. The summed E-state index contributed by atoms with van der Waals surface area (Å²) in [6, 6.07) is 10.6. The van der Waals surface area contributed by atoms with Gasteiger partial charge in [-0.05, 0) is 43.5 Å². The number of benzene rings is 2. The minimum atomic E-state index is 0.974. The highest BCUT2D eigenvalue weighted by Crippen LogP contribution is 2.34. The van der Waals surface area contributed by atoms with Gasteiger partial charge in [-0.15, -0.1) is 0 Å². The van der Waals surface area contributed by atoms with Gasteiger partial charge in [-0.2, -0.15) is 0 Å². The van der Waals surface area contributed by atoms with Gasteiger partial charge in [0.2, 0.25) is 0 Å². The number of allylic oxidation sites excluding steroid dienone is 2. The second-order valence-corrected chi connectivity index (χ2v) is 5.48. The van der Waals surface area contributed by atoms with Crippen molar-refractivity contribution in [2.75, 3.05) is 0 Å². The van der Waals surface area contributed by atoms with Gasteiger partial charge in [-0.3, -0.25) is 4.99 Å². The lowest BCUT2D eigenvalue weighted by molar-refractivity contribution is 1.05. The van der Waals surface area contributed by atoms with Gasteiger partial charge in [0.05, 0.1) is 16.4 Å². The second-order valence-electron chi connectivity index (χ2n) is 5.48. The third-order valence-corrected chi connectivity index (χ3v) is 4.29. The second kappa shape index (κ2) is 3.89. The SMILES string of the molecule is CCC1=C(C)c2c(C)cc3c(c2=N1)=Nc1ccccc1-3. The molecule has 0 amide bonds. The standard InChI is InChI=1S/C18H16N2/c1-4-14-11(3)16-10(2)9-13-12-7-5-6-8-15(12)20-17(13)18(16)19-14/h5-9H,4H2,1-3H3. The molecule has 2 heterocycles. The van der Waals surface area contributed by atoms with Crippen molar-refractivity contribution in [1.29, 1.82) is 0 Å². The predicted molar refractivity (Wildman–Crippen MR) is 81.5 cm³/mol. The Bertz CT molecular complexity index is 902. The van der Waals surface area contributed by atoms with Gasteiger partial charge in [0, 0.05) is 22.4 Å². The summed E-state index contributed by atoms with van der Waals surface area (Å²) in [5, 5.41) is 2.13. The van der Waals surface area contributed by atoms with Crippen LogP contribution in [0.4, 0.5) is 5.69 Å². The van der Waals surface area contributed by atoms with Crippen LogP contribution >= 0.6 is 0 Å². The first-order valence-electron chi connectivity index (χ1n) is 7.11. The first kappa shape index (κ1) is 11.6. The van der Waals surface area contributed by atoms with Gasteiger partial charge in [-0.25, -0.2) is 4.99 Å². The van der Waals surface area contributed by atoms with Crippen LogP contribution in [0.1, 0.15) is 31.4 Å². The van der Waals surface area contributed by atoms with E-state index in [1.54, 1.807) is 0 Å². The third-order valence-electron chi connectivity index (χ3n) is 4.29. The fourth-order valence-corrected chi connectivity index (χ4v) is 3.32. The number of para-hydroxylation sites is 1. The van der Waals surface area contributed by atoms with Gasteiger partial charge in [-0.1, -0.05) is 25.1 Å². The Balaban J connectivity index is 2.14. The molecule has 98 valence electrons. The average Bonchev–Trinajstić information content (AvgIpc) is 2.98. The quantitative estimate of drug-likeness (QED) is 0.637. The van der Waals surface area contributed by atoms with Crippen LogP contribution in [0.25, 0.3) is 16.7 Å². The monoisotopic (exact) mass is 260 g/mol. The third kappa shape index (κ3) is 1.34. The number of fused-ring (bicyclic) bond motifs is 5. The van der Waals surface area contributed by atoms with Gasteiger partial charge < -0.3 is 0 Å². The summed E-state index contributed by atoms with van der Waals surface area (Å²) < 4.78 is 0. The number of rotatable bonds is 1. The Morgan fingerprint density at radius 1 is 0.950 bits per heavy atom. The van der Waals surface area contributed by atoms with Crippen LogP contribution in [-0.4, -0.2) is 0 Å². The summed E-state index contributed by atoms with van der Waals surface area (Å²) in [7, 11) is 0. The minimum absolute atomic E-state index is 0.974. The smallest absolute Gasteiger partial charge is 0.0979 e. The normalized spacial score (nSPS) is 14.6. The van der Waals surface area contributed by atoms with E-state index in [1.807, 2.05) is 6.07 Å². The van der Waals surface area contributed by atoms with Crippen molar-refractivity contribution in [3.8, 4) is 11.1 Å². The molecule has 2 aliphatic heterocycles. The van der Waals surface area contributed by atoms with E-state index in [4.69, 9.17) is 9.98 Å². The molecule has 0 aliphatic carbocycles. The molecule has 0 spiro atoms. The van der Waals surface area contributed by atoms with E-state index in [0.717, 1.165) is 22.8 Å². The molecule has 0 atom stereocenters. The van der Waals surface area contributed by atoms with Crippen LogP contribution in [-0.2, 0) is 0 Å². The number of aryl methyl sites for hydroxylation is 1.